The van der Waals surface area contributed by atoms with Crippen LogP contribution in [0.15, 0.2) is 4.99 Å². The number of unbranched alkanes of at least 4 members (excludes halogenated alkanes) is 1. The predicted octanol–water partition coefficient (Wildman–Crippen LogP) is 2.15. The fraction of sp³-hybridized carbons (Fsp3) is 0.889. The highest BCUT2D eigenvalue weighted by Gasteiger charge is 2.15. The first-order valence-electron chi connectivity index (χ1n) is 9.65. The van der Waals surface area contributed by atoms with Gasteiger partial charge < -0.3 is 20.3 Å². The van der Waals surface area contributed by atoms with Crippen LogP contribution in [0, 0.1) is 0 Å². The molecule has 1 saturated heterocycles. The number of carbonyl (C=O) groups is 1. The number of likely N-dealkylation sites (tertiary alicyclic amines) is 1. The lowest BCUT2D eigenvalue weighted by Crippen LogP contribution is -2.39. The number of ether oxygens (including phenoxy) is 1. The van der Waals surface area contributed by atoms with Gasteiger partial charge in [-0.3, -0.25) is 9.79 Å². The van der Waals surface area contributed by atoms with Crippen LogP contribution in [-0.2, 0) is 9.53 Å². The average molecular weight is 341 g/mol. The molecule has 2 N–H and O–H groups in total. The quantitative estimate of drug-likeness (QED) is 0.344. The van der Waals surface area contributed by atoms with Crippen LogP contribution in [-0.4, -0.2) is 62.7 Å². The lowest BCUT2D eigenvalue weighted by atomic mass is 10.2. The maximum atomic E-state index is 11.9. The largest absolute Gasteiger partial charge is 0.380 e. The molecule has 0 aromatic rings. The molecule has 1 rings (SSSR count). The number of hydrogen-bond acceptors (Lipinski definition) is 3. The first-order chi connectivity index (χ1) is 11.8. The summed E-state index contributed by atoms with van der Waals surface area (Å²) >= 11 is 0. The summed E-state index contributed by atoms with van der Waals surface area (Å²) < 4.78 is 5.54. The molecule has 1 heterocycles. The SMILES string of the molecule is CCCCOCCNC(=NCCCN1CCCCCC1=O)NCC. The van der Waals surface area contributed by atoms with Crippen LogP contribution in [0.1, 0.15) is 58.8 Å². The van der Waals surface area contributed by atoms with Crippen molar-refractivity contribution >= 4 is 11.9 Å². The van der Waals surface area contributed by atoms with E-state index < -0.39 is 0 Å². The van der Waals surface area contributed by atoms with Crippen LogP contribution in [0.5, 0.6) is 0 Å². The van der Waals surface area contributed by atoms with Gasteiger partial charge in [-0.2, -0.15) is 0 Å². The molecule has 1 fully saturated rings. The van der Waals surface area contributed by atoms with Crippen molar-refractivity contribution in [3.05, 3.63) is 0 Å². The smallest absolute Gasteiger partial charge is 0.222 e. The molecule has 0 aliphatic carbocycles. The molecular formula is C18H36N4O2. The Morgan fingerprint density at radius 1 is 1.17 bits per heavy atom. The number of nitrogens with zero attached hydrogens (tertiary/aromatic N) is 2. The standard InChI is InChI=1S/C18H36N4O2/c1-3-5-15-24-16-12-21-18(19-4-2)20-11-9-14-22-13-8-6-7-10-17(22)23/h3-16H2,1-2H3,(H2,19,20,21). The summed E-state index contributed by atoms with van der Waals surface area (Å²) in [4.78, 5) is 18.5. The van der Waals surface area contributed by atoms with Crippen LogP contribution >= 0.6 is 0 Å². The molecule has 0 unspecified atom stereocenters. The molecule has 140 valence electrons. The van der Waals surface area contributed by atoms with Gasteiger partial charge in [0.2, 0.25) is 5.91 Å². The minimum Gasteiger partial charge on any atom is -0.380 e. The van der Waals surface area contributed by atoms with Crippen molar-refractivity contribution in [3.63, 3.8) is 0 Å². The molecule has 1 aliphatic rings. The van der Waals surface area contributed by atoms with Crippen LogP contribution in [0.25, 0.3) is 0 Å². The van der Waals surface area contributed by atoms with E-state index in [4.69, 9.17) is 4.74 Å². The van der Waals surface area contributed by atoms with Gasteiger partial charge in [0.05, 0.1) is 6.61 Å². The Morgan fingerprint density at radius 2 is 2.04 bits per heavy atom. The minimum absolute atomic E-state index is 0.311. The van der Waals surface area contributed by atoms with Crippen molar-refractivity contribution in [1.82, 2.24) is 15.5 Å². The summed E-state index contributed by atoms with van der Waals surface area (Å²) in [6.07, 6.45) is 7.26. The second kappa shape index (κ2) is 14.1. The highest BCUT2D eigenvalue weighted by molar-refractivity contribution is 5.79. The van der Waals surface area contributed by atoms with Crippen molar-refractivity contribution in [3.8, 4) is 0 Å². The second-order valence-electron chi connectivity index (χ2n) is 6.20. The molecule has 0 aromatic heterocycles. The average Bonchev–Trinajstić information content (AvgIpc) is 2.79. The summed E-state index contributed by atoms with van der Waals surface area (Å²) in [7, 11) is 0. The zero-order chi connectivity index (χ0) is 17.5. The molecule has 1 amide bonds. The molecule has 0 atom stereocenters. The van der Waals surface area contributed by atoms with E-state index >= 15 is 0 Å². The van der Waals surface area contributed by atoms with E-state index in [0.717, 1.165) is 77.4 Å². The maximum Gasteiger partial charge on any atom is 0.222 e. The number of amides is 1. The van der Waals surface area contributed by atoms with E-state index in [9.17, 15) is 4.79 Å². The first-order valence-corrected chi connectivity index (χ1v) is 9.65. The highest BCUT2D eigenvalue weighted by atomic mass is 16.5. The predicted molar refractivity (Wildman–Crippen MR) is 99.4 cm³/mol. The topological polar surface area (TPSA) is 66.0 Å². The number of hydrogen-bond donors (Lipinski definition) is 2. The lowest BCUT2D eigenvalue weighted by molar-refractivity contribution is -0.130. The van der Waals surface area contributed by atoms with E-state index in [1.165, 1.54) is 6.42 Å². The third kappa shape index (κ3) is 9.75. The Kier molecular flexibility index (Phi) is 12.2. The fourth-order valence-corrected chi connectivity index (χ4v) is 2.66. The number of aliphatic imine (C=N–C) groups is 1. The molecule has 0 aromatic carbocycles. The van der Waals surface area contributed by atoms with Gasteiger partial charge in [-0.1, -0.05) is 19.8 Å². The first kappa shape index (κ1) is 20.7. The molecular weight excluding hydrogens is 304 g/mol. The van der Waals surface area contributed by atoms with Crippen molar-refractivity contribution in [2.45, 2.75) is 58.8 Å². The van der Waals surface area contributed by atoms with E-state index in [0.29, 0.717) is 18.9 Å². The summed E-state index contributed by atoms with van der Waals surface area (Å²) in [5.74, 6) is 1.14. The van der Waals surface area contributed by atoms with Gasteiger partial charge in [0.25, 0.3) is 0 Å². The Labute approximate surface area is 147 Å². The number of guanidine groups is 1. The van der Waals surface area contributed by atoms with Gasteiger partial charge in [0, 0.05) is 45.8 Å². The minimum atomic E-state index is 0.311. The van der Waals surface area contributed by atoms with E-state index in [1.807, 2.05) is 4.90 Å². The molecule has 0 saturated carbocycles. The third-order valence-corrected chi connectivity index (χ3v) is 4.05. The van der Waals surface area contributed by atoms with Crippen LogP contribution in [0.2, 0.25) is 0 Å². The van der Waals surface area contributed by atoms with Crippen molar-refractivity contribution in [1.29, 1.82) is 0 Å². The van der Waals surface area contributed by atoms with Gasteiger partial charge >= 0.3 is 0 Å². The number of nitrogens with one attached hydrogen (secondary N) is 2. The van der Waals surface area contributed by atoms with Crippen LogP contribution < -0.4 is 10.6 Å². The normalized spacial score (nSPS) is 16.2. The fourth-order valence-electron chi connectivity index (χ4n) is 2.66. The van der Waals surface area contributed by atoms with E-state index in [2.05, 4.69) is 29.5 Å². The summed E-state index contributed by atoms with van der Waals surface area (Å²) in [6.45, 7) is 9.82. The van der Waals surface area contributed by atoms with Crippen molar-refractivity contribution in [2.24, 2.45) is 4.99 Å². The van der Waals surface area contributed by atoms with Crippen LogP contribution in [0.3, 0.4) is 0 Å². The van der Waals surface area contributed by atoms with Gasteiger partial charge in [0.1, 0.15) is 0 Å². The zero-order valence-corrected chi connectivity index (χ0v) is 15.6. The van der Waals surface area contributed by atoms with Gasteiger partial charge in [-0.25, -0.2) is 0 Å². The molecule has 6 nitrogen and oxygen atoms in total. The molecule has 0 radical (unpaired) electrons. The highest BCUT2D eigenvalue weighted by Crippen LogP contribution is 2.11. The van der Waals surface area contributed by atoms with Gasteiger partial charge in [-0.15, -0.1) is 0 Å². The molecule has 0 bridgehead atoms. The van der Waals surface area contributed by atoms with Crippen molar-refractivity contribution in [2.75, 3.05) is 45.9 Å². The molecule has 6 heteroatoms. The summed E-state index contributed by atoms with van der Waals surface area (Å²) in [5, 5.41) is 6.53. The third-order valence-electron chi connectivity index (χ3n) is 4.05. The second-order valence-corrected chi connectivity index (χ2v) is 6.20. The summed E-state index contributed by atoms with van der Waals surface area (Å²) in [6, 6.07) is 0. The zero-order valence-electron chi connectivity index (χ0n) is 15.6. The lowest BCUT2D eigenvalue weighted by Gasteiger charge is -2.20. The maximum absolute atomic E-state index is 11.9. The van der Waals surface area contributed by atoms with Gasteiger partial charge in [0.15, 0.2) is 5.96 Å². The van der Waals surface area contributed by atoms with E-state index in [-0.39, 0.29) is 0 Å². The monoisotopic (exact) mass is 340 g/mol. The van der Waals surface area contributed by atoms with E-state index in [1.54, 1.807) is 0 Å². The van der Waals surface area contributed by atoms with Crippen molar-refractivity contribution < 1.29 is 9.53 Å². The molecule has 24 heavy (non-hydrogen) atoms. The Morgan fingerprint density at radius 3 is 2.83 bits per heavy atom. The Bertz CT molecular complexity index is 361. The molecule has 1 aliphatic heterocycles. The molecule has 0 spiro atoms. The van der Waals surface area contributed by atoms with Crippen LogP contribution in [0.4, 0.5) is 0 Å². The summed E-state index contributed by atoms with van der Waals surface area (Å²) in [5.41, 5.74) is 0. The van der Waals surface area contributed by atoms with Gasteiger partial charge in [-0.05, 0) is 32.6 Å². The Hall–Kier alpha value is -1.30. The number of rotatable bonds is 11. The Balaban J connectivity index is 2.20. The number of carbonyl (C=O) groups excluding carboxylic acids is 1.